The van der Waals surface area contributed by atoms with Gasteiger partial charge in [-0.15, -0.1) is 0 Å². The monoisotopic (exact) mass is 1240 g/mol. The van der Waals surface area contributed by atoms with E-state index in [9.17, 15) is 40.8 Å². The summed E-state index contributed by atoms with van der Waals surface area (Å²) in [7, 11) is -7.85. The fourth-order valence-corrected chi connectivity index (χ4v) is 11.9. The van der Waals surface area contributed by atoms with E-state index in [1.165, 1.54) is 19.4 Å². The molecule has 28 heteroatoms. The summed E-state index contributed by atoms with van der Waals surface area (Å²) in [6.45, 7) is 14.4. The predicted molar refractivity (Wildman–Crippen MR) is 329 cm³/mol. The minimum atomic E-state index is -3.92. The van der Waals surface area contributed by atoms with Gasteiger partial charge in [0, 0.05) is 60.7 Å². The first-order chi connectivity index (χ1) is 41.2. The van der Waals surface area contributed by atoms with Crippen LogP contribution in [-0.4, -0.2) is 154 Å². The highest BCUT2D eigenvalue weighted by atomic mass is 32.2. The second kappa shape index (κ2) is 29.7. The number of aliphatic hydroxyl groups excluding tert-OH is 2. The number of Topliss-reactive ketones (excluding diaryl/α,β-unsaturated/α-hetero) is 2. The molecule has 2 aliphatic heterocycles. The van der Waals surface area contributed by atoms with Gasteiger partial charge in [0.1, 0.15) is 28.5 Å². The molecule has 4 fully saturated rings. The summed E-state index contributed by atoms with van der Waals surface area (Å²) >= 11 is 0. The van der Waals surface area contributed by atoms with E-state index in [0.717, 1.165) is 101 Å². The largest absolute Gasteiger partial charge is 0.444 e. The Balaban J connectivity index is 0.000000206. The Hall–Kier alpha value is -7.21. The van der Waals surface area contributed by atoms with Crippen LogP contribution in [0.25, 0.3) is 22.1 Å². The number of piperidine rings is 2. The first-order valence-electron chi connectivity index (χ1n) is 29.3. The molecule has 26 nitrogen and oxygen atoms in total. The number of fused-ring (bicyclic) bond motifs is 2. The summed E-state index contributed by atoms with van der Waals surface area (Å²) in [6, 6.07) is 8.10. The van der Waals surface area contributed by atoms with Crippen LogP contribution in [0, 0.1) is 13.8 Å². The van der Waals surface area contributed by atoms with Crippen molar-refractivity contribution in [2.24, 2.45) is 0 Å². The van der Waals surface area contributed by atoms with Crippen LogP contribution >= 0.6 is 0 Å². The number of aromatic nitrogens is 8. The molecule has 2 saturated heterocycles. The van der Waals surface area contributed by atoms with Crippen molar-refractivity contribution in [2.75, 3.05) is 61.5 Å². The topological polar surface area (TPSA) is 370 Å². The number of pyridine rings is 4. The SMILES string of the molecule is CC(=O)c1c(C)c2cnc(Nc3ccc(C4CCN(C(=O)OC(C)(C)C)CC4)cn3)nc2n(C2CCCC2)c1=O.CC(=O)c1c(C)c2cnc(Nc3ccc(C4CCNCC4)cn3)nc2n(C2CCCC2)c1=O.O=S(=O)(O)CCO.O=S(=O)(O)CCO. The second-order valence-electron chi connectivity index (χ2n) is 23.2. The highest BCUT2D eigenvalue weighted by Gasteiger charge is 2.30. The number of ketones is 2. The zero-order chi connectivity index (χ0) is 63.4. The molecule has 0 bridgehead atoms. The lowest BCUT2D eigenvalue weighted by atomic mass is 9.90. The number of carbonyl (C=O) groups excluding carboxylic acids is 3. The summed E-state index contributed by atoms with van der Waals surface area (Å²) in [6.07, 6.45) is 18.7. The fourth-order valence-electron chi connectivity index (χ4n) is 11.4. The van der Waals surface area contributed by atoms with E-state index in [0.29, 0.717) is 76.3 Å². The number of carbonyl (C=O) groups is 3. The third kappa shape index (κ3) is 18.2. The Morgan fingerprint density at radius 1 is 0.609 bits per heavy atom. The maximum atomic E-state index is 13.4. The lowest BCUT2D eigenvalue weighted by Gasteiger charge is -2.33. The number of ether oxygens (including phenoxy) is 1. The number of rotatable bonds is 14. The highest BCUT2D eigenvalue weighted by Crippen LogP contribution is 2.35. The first kappa shape index (κ1) is 67.3. The number of hydrogen-bond donors (Lipinski definition) is 7. The average Bonchev–Trinajstić information content (AvgIpc) is 1.78. The van der Waals surface area contributed by atoms with Crippen LogP contribution in [0.5, 0.6) is 0 Å². The van der Waals surface area contributed by atoms with Crippen molar-refractivity contribution in [3.8, 4) is 0 Å². The third-order valence-corrected chi connectivity index (χ3v) is 17.1. The van der Waals surface area contributed by atoms with Gasteiger partial charge in [0.15, 0.2) is 11.6 Å². The normalized spacial score (nSPS) is 16.3. The summed E-state index contributed by atoms with van der Waals surface area (Å²) in [5, 5.41) is 26.9. The van der Waals surface area contributed by atoms with Gasteiger partial charge in [-0.1, -0.05) is 37.8 Å². The van der Waals surface area contributed by atoms with Gasteiger partial charge in [-0.05, 0) is 159 Å². The number of aryl methyl sites for hydroxylation is 2. The van der Waals surface area contributed by atoms with E-state index in [1.807, 2.05) is 51.4 Å². The fraction of sp³-hybridized carbons (Fsp3) is 0.542. The minimum Gasteiger partial charge on any atom is -0.444 e. The molecule has 0 aromatic carbocycles. The number of anilines is 4. The quantitative estimate of drug-likeness (QED) is 0.0411. The van der Waals surface area contributed by atoms with Gasteiger partial charge in [0.2, 0.25) is 11.9 Å². The molecule has 8 heterocycles. The van der Waals surface area contributed by atoms with E-state index in [-0.39, 0.29) is 52.0 Å². The van der Waals surface area contributed by atoms with E-state index in [4.69, 9.17) is 34.0 Å². The molecule has 0 spiro atoms. The molecule has 4 aliphatic rings. The van der Waals surface area contributed by atoms with E-state index in [1.54, 1.807) is 40.3 Å². The lowest BCUT2D eigenvalue weighted by Crippen LogP contribution is -2.41. The van der Waals surface area contributed by atoms with Crippen molar-refractivity contribution in [3.63, 3.8) is 0 Å². The van der Waals surface area contributed by atoms with Crippen LogP contribution in [0.3, 0.4) is 0 Å². The van der Waals surface area contributed by atoms with E-state index < -0.39 is 50.6 Å². The van der Waals surface area contributed by atoms with E-state index in [2.05, 4.69) is 42.0 Å². The van der Waals surface area contributed by atoms with Crippen LogP contribution in [-0.2, 0) is 25.0 Å². The Morgan fingerprint density at radius 3 is 1.32 bits per heavy atom. The Bertz CT molecular complexity index is 3720. The van der Waals surface area contributed by atoms with Gasteiger partial charge in [-0.2, -0.15) is 26.8 Å². The van der Waals surface area contributed by atoms with Crippen LogP contribution in [0.15, 0.2) is 58.6 Å². The minimum absolute atomic E-state index is 0.0237. The number of nitrogens with one attached hydrogen (secondary N) is 3. The highest BCUT2D eigenvalue weighted by molar-refractivity contribution is 7.86. The van der Waals surface area contributed by atoms with Gasteiger partial charge in [-0.25, -0.2) is 24.7 Å². The van der Waals surface area contributed by atoms with Gasteiger partial charge in [0.25, 0.3) is 31.4 Å². The predicted octanol–water partition coefficient (Wildman–Crippen LogP) is 7.43. The van der Waals surface area contributed by atoms with Crippen LogP contribution in [0.1, 0.15) is 179 Å². The summed E-state index contributed by atoms with van der Waals surface area (Å²) in [5.41, 5.74) is 4.22. The smallest absolute Gasteiger partial charge is 0.410 e. The first-order valence-corrected chi connectivity index (χ1v) is 32.5. The van der Waals surface area contributed by atoms with Crippen molar-refractivity contribution in [1.29, 1.82) is 0 Å². The molecule has 10 rings (SSSR count). The molecular formula is C59H80N12O14S2. The van der Waals surface area contributed by atoms with Crippen molar-refractivity contribution in [1.82, 2.24) is 49.3 Å². The number of nitrogens with zero attached hydrogens (tertiary/aromatic N) is 9. The van der Waals surface area contributed by atoms with Crippen molar-refractivity contribution >= 4 is 83.5 Å². The number of hydrogen-bond acceptors (Lipinski definition) is 21. The molecule has 472 valence electrons. The molecule has 6 aromatic rings. The van der Waals surface area contributed by atoms with Crippen LogP contribution in [0.4, 0.5) is 28.3 Å². The molecule has 0 unspecified atom stereocenters. The Labute approximate surface area is 505 Å². The Morgan fingerprint density at radius 2 is 1.00 bits per heavy atom. The molecular weight excluding hydrogens is 1160 g/mol. The van der Waals surface area contributed by atoms with E-state index >= 15 is 0 Å². The molecule has 87 heavy (non-hydrogen) atoms. The van der Waals surface area contributed by atoms with Crippen molar-refractivity contribution in [2.45, 2.75) is 155 Å². The van der Waals surface area contributed by atoms with Crippen molar-refractivity contribution < 1.29 is 55.3 Å². The summed E-state index contributed by atoms with van der Waals surface area (Å²) < 4.78 is 63.1. The van der Waals surface area contributed by atoms with Gasteiger partial charge >= 0.3 is 6.09 Å². The van der Waals surface area contributed by atoms with Crippen LogP contribution in [0.2, 0.25) is 0 Å². The average molecular weight is 1250 g/mol. The Kier molecular flexibility index (Phi) is 22.9. The second-order valence-corrected chi connectivity index (χ2v) is 26.3. The molecule has 7 N–H and O–H groups in total. The van der Waals surface area contributed by atoms with Crippen molar-refractivity contribution in [3.05, 3.63) is 103 Å². The summed E-state index contributed by atoms with van der Waals surface area (Å²) in [5.74, 6) is 1.26. The maximum absolute atomic E-state index is 13.4. The molecule has 0 radical (unpaired) electrons. The zero-order valence-corrected chi connectivity index (χ0v) is 51.9. The van der Waals surface area contributed by atoms with Gasteiger partial charge < -0.3 is 35.8 Å². The molecule has 2 aliphatic carbocycles. The molecule has 2 saturated carbocycles. The van der Waals surface area contributed by atoms with Gasteiger partial charge in [-0.3, -0.25) is 37.4 Å². The molecule has 0 atom stereocenters. The lowest BCUT2D eigenvalue weighted by molar-refractivity contribution is 0.0204. The maximum Gasteiger partial charge on any atom is 0.410 e. The summed E-state index contributed by atoms with van der Waals surface area (Å²) in [4.78, 5) is 93.1. The third-order valence-electron chi connectivity index (χ3n) is 15.7. The number of aliphatic hydroxyl groups is 2. The van der Waals surface area contributed by atoms with Crippen LogP contribution < -0.4 is 27.1 Å². The molecule has 1 amide bonds. The number of likely N-dealkylation sites (tertiary alicyclic amines) is 1. The van der Waals surface area contributed by atoms with Gasteiger partial charge in [0.05, 0.1) is 35.8 Å². The molecule has 6 aromatic heterocycles. The standard InChI is InChI=1S/C30H38N6O4.C25H30N6O2.2C2H6O4S/c1-18-23-17-32-28(34-26(23)36(22-8-6-7-9-22)27(38)25(18)19(2)37)33-24-11-10-21(16-31-24)20-12-14-35(15-13-20)29(39)40-30(3,4)5;1-15-20-14-28-25(29-21-8-7-18(13-27-21)17-9-11-26-12-10-17)30-23(20)31(19-5-3-4-6-19)24(33)22(15)16(2)32;2*3-1-2-7(4,5)6/h10-11,16-17,20,22H,6-9,12-15H2,1-5H3,(H,31,32,33,34);7-8,13-14,17,19,26H,3-6,9-12H2,1-2H3,(H,27,28,29,30);2*3H,1-2H2,(H,4,5,6). The zero-order valence-electron chi connectivity index (χ0n) is 50.3. The number of amides is 1.